The van der Waals surface area contributed by atoms with Crippen LogP contribution in [0, 0.1) is 17.2 Å². The van der Waals surface area contributed by atoms with E-state index in [0.717, 1.165) is 0 Å². The predicted molar refractivity (Wildman–Crippen MR) is 67.7 cm³/mol. The number of rotatable bonds is 6. The molecule has 1 aromatic carbocycles. The molecule has 0 heterocycles. The summed E-state index contributed by atoms with van der Waals surface area (Å²) in [5.41, 5.74) is 0.501. The second kappa shape index (κ2) is 6.65. The van der Waals surface area contributed by atoms with Crippen molar-refractivity contribution >= 4 is 5.78 Å². The number of ether oxygens (including phenoxy) is 2. The lowest BCUT2D eigenvalue weighted by atomic mass is 10.1. The van der Waals surface area contributed by atoms with Crippen molar-refractivity contribution in [1.82, 2.24) is 0 Å². The zero-order valence-corrected chi connectivity index (χ0v) is 10.9. The van der Waals surface area contributed by atoms with E-state index in [0.29, 0.717) is 23.7 Å². The van der Waals surface area contributed by atoms with Crippen LogP contribution in [0.25, 0.3) is 0 Å². The van der Waals surface area contributed by atoms with Gasteiger partial charge < -0.3 is 9.47 Å². The monoisotopic (exact) mass is 247 g/mol. The molecule has 0 unspecified atom stereocenters. The lowest BCUT2D eigenvalue weighted by Gasteiger charge is -2.12. The van der Waals surface area contributed by atoms with Crippen molar-refractivity contribution in [1.29, 1.82) is 5.26 Å². The summed E-state index contributed by atoms with van der Waals surface area (Å²) in [6.07, 6.45) is 0. The Hall–Kier alpha value is -2.02. The Kier molecular flexibility index (Phi) is 5.19. The van der Waals surface area contributed by atoms with Crippen LogP contribution in [0.15, 0.2) is 18.2 Å². The number of hydrogen-bond acceptors (Lipinski definition) is 4. The molecule has 96 valence electrons. The highest BCUT2D eigenvalue weighted by atomic mass is 16.5. The Morgan fingerprint density at radius 3 is 2.61 bits per heavy atom. The first-order chi connectivity index (χ1) is 8.58. The van der Waals surface area contributed by atoms with Crippen LogP contribution < -0.4 is 9.47 Å². The fourth-order valence-corrected chi connectivity index (χ4v) is 1.28. The molecule has 4 nitrogen and oxygen atoms in total. The van der Waals surface area contributed by atoms with E-state index in [4.69, 9.17) is 14.7 Å². The molecular weight excluding hydrogens is 230 g/mol. The molecule has 1 rings (SSSR count). The van der Waals surface area contributed by atoms with Crippen LogP contribution in [-0.4, -0.2) is 19.0 Å². The fourth-order valence-electron chi connectivity index (χ4n) is 1.28. The summed E-state index contributed by atoms with van der Waals surface area (Å²) in [4.78, 5) is 11.5. The molecule has 4 heteroatoms. The first-order valence-electron chi connectivity index (χ1n) is 5.91. The van der Waals surface area contributed by atoms with E-state index in [2.05, 4.69) is 0 Å². The van der Waals surface area contributed by atoms with E-state index in [9.17, 15) is 4.79 Å². The van der Waals surface area contributed by atoms with Crippen LogP contribution in [0.1, 0.15) is 26.3 Å². The van der Waals surface area contributed by atoms with E-state index >= 15 is 0 Å². The molecule has 0 bridgehead atoms. The molecule has 0 aliphatic heterocycles. The first kappa shape index (κ1) is 14.0. The third kappa shape index (κ3) is 3.77. The number of benzene rings is 1. The molecule has 0 atom stereocenters. The van der Waals surface area contributed by atoms with E-state index in [1.165, 1.54) is 0 Å². The molecule has 18 heavy (non-hydrogen) atoms. The van der Waals surface area contributed by atoms with E-state index in [1.54, 1.807) is 18.2 Å². The molecule has 0 radical (unpaired) electrons. The van der Waals surface area contributed by atoms with Crippen LogP contribution in [-0.2, 0) is 4.79 Å². The molecule has 0 amide bonds. The highest BCUT2D eigenvalue weighted by molar-refractivity contribution is 5.81. The molecule has 0 saturated heterocycles. The van der Waals surface area contributed by atoms with Gasteiger partial charge >= 0.3 is 0 Å². The highest BCUT2D eigenvalue weighted by Crippen LogP contribution is 2.28. The zero-order chi connectivity index (χ0) is 13.5. The summed E-state index contributed by atoms with van der Waals surface area (Å²) in [5.74, 6) is 0.957. The van der Waals surface area contributed by atoms with Gasteiger partial charge in [0.25, 0.3) is 0 Å². The topological polar surface area (TPSA) is 59.3 Å². The summed E-state index contributed by atoms with van der Waals surface area (Å²) in [6, 6.07) is 6.93. The number of ketones is 1. The summed E-state index contributed by atoms with van der Waals surface area (Å²) >= 11 is 0. The van der Waals surface area contributed by atoms with Gasteiger partial charge in [-0.1, -0.05) is 13.8 Å². The van der Waals surface area contributed by atoms with Gasteiger partial charge in [0.05, 0.1) is 18.2 Å². The molecule has 0 fully saturated rings. The van der Waals surface area contributed by atoms with E-state index < -0.39 is 0 Å². The van der Waals surface area contributed by atoms with Gasteiger partial charge in [-0.2, -0.15) is 5.26 Å². The maximum atomic E-state index is 11.5. The van der Waals surface area contributed by atoms with E-state index in [-0.39, 0.29) is 18.3 Å². The number of carbonyl (C=O) groups is 1. The van der Waals surface area contributed by atoms with E-state index in [1.807, 2.05) is 26.8 Å². The lowest BCUT2D eigenvalue weighted by molar-refractivity contribution is -0.123. The minimum absolute atomic E-state index is 0.0175. The highest BCUT2D eigenvalue weighted by Gasteiger charge is 2.11. The number of hydrogen-bond donors (Lipinski definition) is 0. The maximum Gasteiger partial charge on any atom is 0.172 e. The van der Waals surface area contributed by atoms with Gasteiger partial charge in [0, 0.05) is 12.0 Å². The van der Waals surface area contributed by atoms with Crippen molar-refractivity contribution < 1.29 is 14.3 Å². The normalized spacial score (nSPS) is 9.94. The summed E-state index contributed by atoms with van der Waals surface area (Å²) in [5, 5.41) is 8.81. The summed E-state index contributed by atoms with van der Waals surface area (Å²) < 4.78 is 10.8. The third-order valence-electron chi connectivity index (χ3n) is 2.39. The second-order valence-corrected chi connectivity index (χ2v) is 4.12. The summed E-state index contributed by atoms with van der Waals surface area (Å²) in [6.45, 7) is 6.00. The molecule has 0 aliphatic rings. The molecule has 1 aromatic rings. The van der Waals surface area contributed by atoms with Gasteiger partial charge in [-0.25, -0.2) is 0 Å². The number of carbonyl (C=O) groups excluding carboxylic acids is 1. The van der Waals surface area contributed by atoms with Gasteiger partial charge in [0.1, 0.15) is 6.61 Å². The van der Waals surface area contributed by atoms with Crippen molar-refractivity contribution in [2.24, 2.45) is 5.92 Å². The van der Waals surface area contributed by atoms with Crippen LogP contribution >= 0.6 is 0 Å². The Bertz CT molecular complexity index is 461. The maximum absolute atomic E-state index is 11.5. The minimum atomic E-state index is -0.0566. The number of nitriles is 1. The smallest absolute Gasteiger partial charge is 0.172 e. The SMILES string of the molecule is CCOc1cc(C#N)ccc1OCC(=O)C(C)C. The van der Waals surface area contributed by atoms with Crippen LogP contribution in [0.5, 0.6) is 11.5 Å². The minimum Gasteiger partial charge on any atom is -0.490 e. The zero-order valence-electron chi connectivity index (χ0n) is 10.9. The Balaban J connectivity index is 2.81. The number of Topliss-reactive ketones (excluding diaryl/α,β-unsaturated/α-hetero) is 1. The Morgan fingerprint density at radius 2 is 2.06 bits per heavy atom. The van der Waals surface area contributed by atoms with Crippen molar-refractivity contribution in [2.45, 2.75) is 20.8 Å². The standard InChI is InChI=1S/C14H17NO3/c1-4-17-14-7-11(8-15)5-6-13(14)18-9-12(16)10(2)3/h5-7,10H,4,9H2,1-3H3. The van der Waals surface area contributed by atoms with Crippen LogP contribution in [0.3, 0.4) is 0 Å². The second-order valence-electron chi connectivity index (χ2n) is 4.12. The molecule has 0 N–H and O–H groups in total. The van der Waals surface area contributed by atoms with Crippen molar-refractivity contribution in [3.63, 3.8) is 0 Å². The summed E-state index contributed by atoms with van der Waals surface area (Å²) in [7, 11) is 0. The van der Waals surface area contributed by atoms with Gasteiger partial charge in [-0.15, -0.1) is 0 Å². The quantitative estimate of drug-likeness (QED) is 0.775. The fraction of sp³-hybridized carbons (Fsp3) is 0.429. The largest absolute Gasteiger partial charge is 0.490 e. The molecule has 0 saturated carbocycles. The molecular formula is C14H17NO3. The van der Waals surface area contributed by atoms with Crippen molar-refractivity contribution in [2.75, 3.05) is 13.2 Å². The Morgan fingerprint density at radius 1 is 1.33 bits per heavy atom. The van der Waals surface area contributed by atoms with Crippen molar-refractivity contribution in [3.05, 3.63) is 23.8 Å². The van der Waals surface area contributed by atoms with Gasteiger partial charge in [-0.05, 0) is 19.1 Å². The molecule has 0 aromatic heterocycles. The van der Waals surface area contributed by atoms with Gasteiger partial charge in [0.15, 0.2) is 17.3 Å². The average Bonchev–Trinajstić information content (AvgIpc) is 2.36. The van der Waals surface area contributed by atoms with Crippen LogP contribution in [0.4, 0.5) is 0 Å². The number of nitrogens with zero attached hydrogens (tertiary/aromatic N) is 1. The van der Waals surface area contributed by atoms with Gasteiger partial charge in [-0.3, -0.25) is 4.79 Å². The van der Waals surface area contributed by atoms with Gasteiger partial charge in [0.2, 0.25) is 0 Å². The Labute approximate surface area is 107 Å². The molecule has 0 spiro atoms. The average molecular weight is 247 g/mol. The lowest BCUT2D eigenvalue weighted by Crippen LogP contribution is -2.17. The molecule has 0 aliphatic carbocycles. The van der Waals surface area contributed by atoms with Crippen LogP contribution in [0.2, 0.25) is 0 Å². The predicted octanol–water partition coefficient (Wildman–Crippen LogP) is 2.56. The van der Waals surface area contributed by atoms with Crippen molar-refractivity contribution in [3.8, 4) is 17.6 Å². The third-order valence-corrected chi connectivity index (χ3v) is 2.39. The first-order valence-corrected chi connectivity index (χ1v) is 5.91.